The van der Waals surface area contributed by atoms with Crippen molar-refractivity contribution in [3.63, 3.8) is 0 Å². The van der Waals surface area contributed by atoms with Crippen molar-refractivity contribution in [3.8, 4) is 0 Å². The van der Waals surface area contributed by atoms with Crippen molar-refractivity contribution in [2.45, 2.75) is 13.8 Å². The Balaban J connectivity index is 1.87. The van der Waals surface area contributed by atoms with Gasteiger partial charge in [0.2, 0.25) is 0 Å². The van der Waals surface area contributed by atoms with Crippen molar-refractivity contribution in [1.29, 1.82) is 0 Å². The predicted molar refractivity (Wildman–Crippen MR) is 111 cm³/mol. The average molecular weight is 456 g/mol. The molecular formula is C18H13BrCl2N2OS. The molecule has 3 rings (SSSR count). The topological polar surface area (TPSA) is 41.5 Å². The van der Waals surface area contributed by atoms with Gasteiger partial charge in [0.05, 0.1) is 20.6 Å². The molecule has 0 saturated carbocycles. The summed E-state index contributed by atoms with van der Waals surface area (Å²) in [7, 11) is 0. The first-order valence-electron chi connectivity index (χ1n) is 7.35. The van der Waals surface area contributed by atoms with Crippen molar-refractivity contribution in [2.75, 3.05) is 0 Å². The van der Waals surface area contributed by atoms with Gasteiger partial charge >= 0.3 is 0 Å². The normalized spacial score (nSPS) is 17.4. The molecule has 0 atom stereocenters. The molecule has 2 aromatic rings. The number of benzene rings is 2. The van der Waals surface area contributed by atoms with Crippen molar-refractivity contribution >= 4 is 73.7 Å². The number of carbonyl (C=O) groups is 1. The third-order valence-corrected chi connectivity index (χ3v) is 6.44. The van der Waals surface area contributed by atoms with E-state index in [-0.39, 0.29) is 5.91 Å². The van der Waals surface area contributed by atoms with Crippen molar-refractivity contribution in [2.24, 2.45) is 4.99 Å². The molecule has 0 aromatic heterocycles. The summed E-state index contributed by atoms with van der Waals surface area (Å²) in [6, 6.07) is 9.18. The zero-order valence-corrected chi connectivity index (χ0v) is 17.3. The molecule has 0 bridgehead atoms. The van der Waals surface area contributed by atoms with Crippen molar-refractivity contribution in [3.05, 3.63) is 66.4 Å². The van der Waals surface area contributed by atoms with E-state index in [1.54, 1.807) is 18.2 Å². The fraction of sp³-hybridized carbons (Fsp3) is 0.111. The first kappa shape index (κ1) is 18.5. The number of nitrogens with one attached hydrogen (secondary N) is 1. The molecule has 1 amide bonds. The molecule has 1 fully saturated rings. The van der Waals surface area contributed by atoms with Gasteiger partial charge in [-0.15, -0.1) is 0 Å². The van der Waals surface area contributed by atoms with Gasteiger partial charge in [-0.3, -0.25) is 4.79 Å². The molecule has 128 valence electrons. The Kier molecular flexibility index (Phi) is 5.58. The first-order valence-corrected chi connectivity index (χ1v) is 9.71. The third kappa shape index (κ3) is 4.29. The number of hydrogen-bond donors (Lipinski definition) is 1. The maximum Gasteiger partial charge on any atom is 0.264 e. The van der Waals surface area contributed by atoms with E-state index in [0.29, 0.717) is 20.1 Å². The predicted octanol–water partition coefficient (Wildman–Crippen LogP) is 6.26. The van der Waals surface area contributed by atoms with Crippen LogP contribution in [-0.2, 0) is 4.79 Å². The molecule has 0 unspecified atom stereocenters. The van der Waals surface area contributed by atoms with Crippen LogP contribution in [0.25, 0.3) is 6.08 Å². The van der Waals surface area contributed by atoms with Gasteiger partial charge in [-0.05, 0) is 72.6 Å². The SMILES string of the molecule is Cc1cc(N=C2NC(=O)/C(=C/c3ccc(Cl)c(Cl)c3)S2)cc(C)c1Br. The lowest BCUT2D eigenvalue weighted by atomic mass is 10.1. The number of aryl methyl sites for hydroxylation is 2. The Morgan fingerprint density at radius 3 is 2.44 bits per heavy atom. The first-order chi connectivity index (χ1) is 11.8. The van der Waals surface area contributed by atoms with Crippen molar-refractivity contribution < 1.29 is 4.79 Å². The fourth-order valence-corrected chi connectivity index (χ4v) is 3.72. The standard InChI is InChI=1S/C18H13BrCl2N2OS/c1-9-5-12(6-10(2)16(9)19)22-18-23-17(24)15(25-18)8-11-3-4-13(20)14(21)7-11/h3-8H,1-2H3,(H,22,23,24)/b15-8-. The van der Waals surface area contributed by atoms with E-state index in [0.717, 1.165) is 26.9 Å². The highest BCUT2D eigenvalue weighted by molar-refractivity contribution is 9.10. The number of amides is 1. The van der Waals surface area contributed by atoms with Gasteiger partial charge in [0, 0.05) is 4.47 Å². The summed E-state index contributed by atoms with van der Waals surface area (Å²) >= 11 is 16.8. The number of halogens is 3. The molecule has 1 N–H and O–H groups in total. The molecule has 7 heteroatoms. The monoisotopic (exact) mass is 454 g/mol. The zero-order valence-electron chi connectivity index (χ0n) is 13.4. The second-order valence-electron chi connectivity index (χ2n) is 5.55. The number of aliphatic imine (C=N–C) groups is 1. The summed E-state index contributed by atoms with van der Waals surface area (Å²) in [6.45, 7) is 4.02. The second-order valence-corrected chi connectivity index (χ2v) is 8.19. The fourth-order valence-electron chi connectivity index (χ4n) is 2.34. The Bertz CT molecular complexity index is 918. The summed E-state index contributed by atoms with van der Waals surface area (Å²) in [5.74, 6) is -0.180. The highest BCUT2D eigenvalue weighted by atomic mass is 79.9. The zero-order chi connectivity index (χ0) is 18.1. The number of rotatable bonds is 2. The van der Waals surface area contributed by atoms with Gasteiger partial charge in [0.15, 0.2) is 5.17 Å². The molecule has 1 aliphatic rings. The molecule has 1 heterocycles. The van der Waals surface area contributed by atoms with Gasteiger partial charge in [0.25, 0.3) is 5.91 Å². The minimum atomic E-state index is -0.180. The number of hydrogen-bond acceptors (Lipinski definition) is 3. The summed E-state index contributed by atoms with van der Waals surface area (Å²) in [6.07, 6.45) is 1.77. The van der Waals surface area contributed by atoms with Gasteiger partial charge in [-0.2, -0.15) is 0 Å². The molecule has 1 saturated heterocycles. The van der Waals surface area contributed by atoms with Crippen LogP contribution in [0.5, 0.6) is 0 Å². The summed E-state index contributed by atoms with van der Waals surface area (Å²) in [5.41, 5.74) is 3.81. The Hall–Kier alpha value is -1.27. The molecule has 0 aliphatic carbocycles. The number of thioether (sulfide) groups is 1. The van der Waals surface area contributed by atoms with Crippen molar-refractivity contribution in [1.82, 2.24) is 5.32 Å². The molecule has 2 aromatic carbocycles. The molecule has 0 radical (unpaired) electrons. The third-order valence-electron chi connectivity index (χ3n) is 3.54. The van der Waals surface area contributed by atoms with E-state index in [9.17, 15) is 4.79 Å². The van der Waals surface area contributed by atoms with Crippen LogP contribution in [0.4, 0.5) is 5.69 Å². The van der Waals surface area contributed by atoms with Crippen LogP contribution in [0.15, 0.2) is 44.7 Å². The lowest BCUT2D eigenvalue weighted by molar-refractivity contribution is -0.115. The van der Waals surface area contributed by atoms with E-state index >= 15 is 0 Å². The van der Waals surface area contributed by atoms with Crippen LogP contribution in [0, 0.1) is 13.8 Å². The largest absolute Gasteiger partial charge is 0.300 e. The van der Waals surface area contributed by atoms with Crippen LogP contribution in [0.2, 0.25) is 10.0 Å². The smallest absolute Gasteiger partial charge is 0.264 e. The molecular weight excluding hydrogens is 443 g/mol. The average Bonchev–Trinajstić information content (AvgIpc) is 2.88. The molecule has 3 nitrogen and oxygen atoms in total. The summed E-state index contributed by atoms with van der Waals surface area (Å²) in [5, 5.41) is 4.28. The number of amidine groups is 1. The maximum atomic E-state index is 12.2. The van der Waals surface area contributed by atoms with E-state index in [1.165, 1.54) is 11.8 Å². The summed E-state index contributed by atoms with van der Waals surface area (Å²) < 4.78 is 1.07. The Labute approximate surface area is 168 Å². The second kappa shape index (κ2) is 7.54. The van der Waals surface area contributed by atoms with E-state index in [4.69, 9.17) is 23.2 Å². The van der Waals surface area contributed by atoms with E-state index < -0.39 is 0 Å². The van der Waals surface area contributed by atoms with Gasteiger partial charge in [-0.1, -0.05) is 45.2 Å². The van der Waals surface area contributed by atoms with Gasteiger partial charge < -0.3 is 5.32 Å². The molecule has 25 heavy (non-hydrogen) atoms. The lowest BCUT2D eigenvalue weighted by Crippen LogP contribution is -2.19. The maximum absolute atomic E-state index is 12.2. The molecule has 0 spiro atoms. The molecule has 1 aliphatic heterocycles. The highest BCUT2D eigenvalue weighted by Gasteiger charge is 2.24. The van der Waals surface area contributed by atoms with Crippen LogP contribution in [0.3, 0.4) is 0 Å². The van der Waals surface area contributed by atoms with Crippen LogP contribution >= 0.6 is 50.9 Å². The van der Waals surface area contributed by atoms with E-state index in [1.807, 2.05) is 32.0 Å². The van der Waals surface area contributed by atoms with Crippen LogP contribution < -0.4 is 5.32 Å². The number of nitrogens with zero attached hydrogens (tertiary/aromatic N) is 1. The Morgan fingerprint density at radius 1 is 1.12 bits per heavy atom. The quantitative estimate of drug-likeness (QED) is 0.542. The minimum Gasteiger partial charge on any atom is -0.300 e. The Morgan fingerprint density at radius 2 is 1.80 bits per heavy atom. The summed E-state index contributed by atoms with van der Waals surface area (Å²) in [4.78, 5) is 17.3. The number of carbonyl (C=O) groups excluding carboxylic acids is 1. The lowest BCUT2D eigenvalue weighted by Gasteiger charge is -2.04. The van der Waals surface area contributed by atoms with Gasteiger partial charge in [0.1, 0.15) is 0 Å². The van der Waals surface area contributed by atoms with Crippen LogP contribution in [0.1, 0.15) is 16.7 Å². The minimum absolute atomic E-state index is 0.180. The van der Waals surface area contributed by atoms with Gasteiger partial charge in [-0.25, -0.2) is 4.99 Å². The highest BCUT2D eigenvalue weighted by Crippen LogP contribution is 2.32. The van der Waals surface area contributed by atoms with Crippen LogP contribution in [-0.4, -0.2) is 11.1 Å². The van der Waals surface area contributed by atoms with E-state index in [2.05, 4.69) is 26.2 Å².